The van der Waals surface area contributed by atoms with E-state index in [2.05, 4.69) is 15.1 Å². The molecule has 0 aliphatic rings. The van der Waals surface area contributed by atoms with Gasteiger partial charge in [0.1, 0.15) is 12.4 Å². The van der Waals surface area contributed by atoms with E-state index in [1.165, 1.54) is 12.4 Å². The van der Waals surface area contributed by atoms with Crippen molar-refractivity contribution in [2.24, 2.45) is 0 Å². The van der Waals surface area contributed by atoms with Crippen LogP contribution in [0.5, 0.6) is 0 Å². The molecule has 0 aliphatic carbocycles. The van der Waals surface area contributed by atoms with Gasteiger partial charge in [-0.25, -0.2) is 14.6 Å². The molecule has 0 saturated heterocycles. The maximum atomic E-state index is 12.1. The number of hydrogen-bond donors (Lipinski definition) is 0. The van der Waals surface area contributed by atoms with Crippen molar-refractivity contribution >= 4 is 11.0 Å². The van der Waals surface area contributed by atoms with Crippen molar-refractivity contribution in [2.75, 3.05) is 0 Å². The number of alkyl halides is 3. The fourth-order valence-electron chi connectivity index (χ4n) is 1.24. The van der Waals surface area contributed by atoms with Gasteiger partial charge in [0, 0.05) is 6.20 Å². The molecule has 80 valence electrons. The fraction of sp³-hybridized carbons (Fsp3) is 0.375. The molecule has 2 aromatic rings. The predicted octanol–water partition coefficient (Wildman–Crippen LogP) is 1.70. The van der Waals surface area contributed by atoms with E-state index in [9.17, 15) is 13.2 Å². The molecule has 15 heavy (non-hydrogen) atoms. The Morgan fingerprint density at radius 2 is 2.07 bits per heavy atom. The summed E-state index contributed by atoms with van der Waals surface area (Å²) in [6.45, 7) is 0.483. The molecule has 0 bridgehead atoms. The Bertz CT molecular complexity index is 488. The average molecular weight is 216 g/mol. The molecule has 0 radical (unpaired) electrons. The van der Waals surface area contributed by atoms with Crippen LogP contribution in [0, 0.1) is 6.92 Å². The van der Waals surface area contributed by atoms with Crippen LogP contribution in [0.4, 0.5) is 13.2 Å². The molecule has 0 amide bonds. The highest BCUT2D eigenvalue weighted by Gasteiger charge is 2.29. The second kappa shape index (κ2) is 3.18. The van der Waals surface area contributed by atoms with Crippen LogP contribution in [-0.4, -0.2) is 25.9 Å². The maximum absolute atomic E-state index is 12.1. The smallest absolute Gasteiger partial charge is 0.241 e. The molecule has 0 N–H and O–H groups in total. The minimum Gasteiger partial charge on any atom is -0.241 e. The van der Waals surface area contributed by atoms with Crippen LogP contribution in [0.1, 0.15) is 5.82 Å². The highest BCUT2D eigenvalue weighted by atomic mass is 19.4. The number of fused-ring (bicyclic) bond motifs is 1. The van der Waals surface area contributed by atoms with Gasteiger partial charge in [0.2, 0.25) is 0 Å². The number of nitrogens with zero attached hydrogens (tertiary/aromatic N) is 4. The number of rotatable bonds is 1. The van der Waals surface area contributed by atoms with E-state index in [1.807, 2.05) is 0 Å². The van der Waals surface area contributed by atoms with Crippen molar-refractivity contribution in [2.45, 2.75) is 19.6 Å². The first-order valence-electron chi connectivity index (χ1n) is 4.17. The van der Waals surface area contributed by atoms with Gasteiger partial charge in [0.25, 0.3) is 0 Å². The number of aryl methyl sites for hydroxylation is 1. The van der Waals surface area contributed by atoms with Crippen molar-refractivity contribution in [3.05, 3.63) is 18.2 Å². The van der Waals surface area contributed by atoms with Crippen LogP contribution in [0.3, 0.4) is 0 Å². The summed E-state index contributed by atoms with van der Waals surface area (Å²) in [5.41, 5.74) is 0.208. The van der Waals surface area contributed by atoms with E-state index in [4.69, 9.17) is 0 Å². The summed E-state index contributed by atoms with van der Waals surface area (Å²) in [4.78, 5) is 7.78. The molecule has 0 aromatic carbocycles. The van der Waals surface area contributed by atoms with E-state index in [0.717, 1.165) is 4.68 Å². The largest absolute Gasteiger partial charge is 0.408 e. The summed E-state index contributed by atoms with van der Waals surface area (Å²) in [6, 6.07) is 0. The van der Waals surface area contributed by atoms with Gasteiger partial charge in [0.05, 0.1) is 11.6 Å². The summed E-state index contributed by atoms with van der Waals surface area (Å²) in [6.07, 6.45) is -1.52. The first-order valence-corrected chi connectivity index (χ1v) is 4.17. The first kappa shape index (κ1) is 9.88. The van der Waals surface area contributed by atoms with Crippen molar-refractivity contribution in [1.82, 2.24) is 19.7 Å². The lowest BCUT2D eigenvalue weighted by Gasteiger charge is -2.06. The lowest BCUT2D eigenvalue weighted by Crippen LogP contribution is -2.18. The van der Waals surface area contributed by atoms with Crippen LogP contribution in [0.2, 0.25) is 0 Å². The summed E-state index contributed by atoms with van der Waals surface area (Å²) in [5.74, 6) is 0.423. The van der Waals surface area contributed by atoms with Gasteiger partial charge in [-0.1, -0.05) is 0 Å². The molecule has 2 rings (SSSR count). The van der Waals surface area contributed by atoms with Crippen LogP contribution in [-0.2, 0) is 6.54 Å². The summed E-state index contributed by atoms with van der Waals surface area (Å²) in [7, 11) is 0. The van der Waals surface area contributed by atoms with Crippen molar-refractivity contribution < 1.29 is 13.2 Å². The molecule has 7 heteroatoms. The van der Waals surface area contributed by atoms with Gasteiger partial charge >= 0.3 is 6.18 Å². The van der Waals surface area contributed by atoms with E-state index >= 15 is 0 Å². The quantitative estimate of drug-likeness (QED) is 0.728. The molecular formula is C8H7F3N4. The number of hydrogen-bond acceptors (Lipinski definition) is 3. The third-order valence-corrected chi connectivity index (χ3v) is 1.83. The second-order valence-electron chi connectivity index (χ2n) is 3.11. The third kappa shape index (κ3) is 2.05. The highest BCUT2D eigenvalue weighted by Crippen LogP contribution is 2.19. The van der Waals surface area contributed by atoms with Gasteiger partial charge in [-0.2, -0.15) is 18.3 Å². The molecule has 0 fully saturated rings. The molecule has 2 aromatic heterocycles. The van der Waals surface area contributed by atoms with E-state index in [0.29, 0.717) is 11.2 Å². The Hall–Kier alpha value is -1.66. The van der Waals surface area contributed by atoms with Crippen molar-refractivity contribution in [1.29, 1.82) is 0 Å². The molecule has 0 unspecified atom stereocenters. The van der Waals surface area contributed by atoms with Crippen LogP contribution in [0.15, 0.2) is 12.4 Å². The lowest BCUT2D eigenvalue weighted by atomic mass is 10.4. The zero-order chi connectivity index (χ0) is 11.1. The summed E-state index contributed by atoms with van der Waals surface area (Å²) >= 11 is 0. The molecule has 0 atom stereocenters. The molecule has 0 aliphatic heterocycles. The third-order valence-electron chi connectivity index (χ3n) is 1.83. The van der Waals surface area contributed by atoms with Crippen LogP contribution < -0.4 is 0 Å². The summed E-state index contributed by atoms with van der Waals surface area (Å²) < 4.78 is 37.3. The Morgan fingerprint density at radius 3 is 2.73 bits per heavy atom. The zero-order valence-corrected chi connectivity index (χ0v) is 7.78. The normalized spacial score (nSPS) is 12.3. The lowest BCUT2D eigenvalue weighted by molar-refractivity contribution is -0.141. The molecule has 4 nitrogen and oxygen atoms in total. The topological polar surface area (TPSA) is 43.6 Å². The fourth-order valence-corrected chi connectivity index (χ4v) is 1.24. The van der Waals surface area contributed by atoms with Crippen molar-refractivity contribution in [3.8, 4) is 0 Å². The maximum Gasteiger partial charge on any atom is 0.408 e. The molecule has 0 saturated carbocycles. The van der Waals surface area contributed by atoms with Crippen molar-refractivity contribution in [3.63, 3.8) is 0 Å². The standard InChI is InChI=1S/C8H7F3N4/c1-5-12-2-6-3-13-15(7(6)14-5)4-8(9,10)11/h2-3H,4H2,1H3. The van der Waals surface area contributed by atoms with Crippen LogP contribution >= 0.6 is 0 Å². The zero-order valence-electron chi connectivity index (χ0n) is 7.78. The van der Waals surface area contributed by atoms with Gasteiger partial charge in [-0.15, -0.1) is 0 Å². The predicted molar refractivity (Wildman–Crippen MR) is 46.1 cm³/mol. The number of aromatic nitrogens is 4. The Morgan fingerprint density at radius 1 is 1.33 bits per heavy atom. The molecular weight excluding hydrogens is 209 g/mol. The first-order chi connectivity index (χ1) is 6.96. The SMILES string of the molecule is Cc1ncc2cnn(CC(F)(F)F)c2n1. The van der Waals surface area contributed by atoms with Crippen LogP contribution in [0.25, 0.3) is 11.0 Å². The number of halogens is 3. The minimum absolute atomic E-state index is 0.208. The highest BCUT2D eigenvalue weighted by molar-refractivity contribution is 5.73. The van der Waals surface area contributed by atoms with E-state index in [-0.39, 0.29) is 5.65 Å². The Labute approximate surface area is 82.8 Å². The van der Waals surface area contributed by atoms with E-state index < -0.39 is 12.7 Å². The molecule has 0 spiro atoms. The minimum atomic E-state index is -4.29. The van der Waals surface area contributed by atoms with Gasteiger partial charge < -0.3 is 0 Å². The Balaban J connectivity index is 2.48. The van der Waals surface area contributed by atoms with Gasteiger partial charge in [0.15, 0.2) is 5.65 Å². The van der Waals surface area contributed by atoms with Gasteiger partial charge in [-0.05, 0) is 6.92 Å². The molecule has 2 heterocycles. The Kier molecular flexibility index (Phi) is 2.09. The van der Waals surface area contributed by atoms with Gasteiger partial charge in [-0.3, -0.25) is 0 Å². The second-order valence-corrected chi connectivity index (χ2v) is 3.11. The monoisotopic (exact) mass is 216 g/mol. The average Bonchev–Trinajstić information content (AvgIpc) is 2.46. The summed E-state index contributed by atoms with van der Waals surface area (Å²) in [5, 5.41) is 4.12. The van der Waals surface area contributed by atoms with E-state index in [1.54, 1.807) is 6.92 Å².